The third-order valence-corrected chi connectivity index (χ3v) is 5.14. The molecule has 3 aliphatic heterocycles. The number of nitrogens with zero attached hydrogens (tertiary/aromatic N) is 1. The number of ether oxygens (including phenoxy) is 1. The molecule has 2 amide bonds. The lowest BCUT2D eigenvalue weighted by Gasteiger charge is -2.26. The van der Waals surface area contributed by atoms with E-state index in [4.69, 9.17) is 16.3 Å². The molecule has 2 bridgehead atoms. The van der Waals surface area contributed by atoms with Crippen LogP contribution < -0.4 is 4.90 Å². The van der Waals surface area contributed by atoms with E-state index in [-0.39, 0.29) is 18.4 Å². The van der Waals surface area contributed by atoms with Crippen LogP contribution in [0.3, 0.4) is 0 Å². The minimum absolute atomic E-state index is 0.292. The van der Waals surface area contributed by atoms with Gasteiger partial charge in [0.1, 0.15) is 5.60 Å². The number of rotatable bonds is 2. The lowest BCUT2D eigenvalue weighted by atomic mass is 9.73. The highest BCUT2D eigenvalue weighted by atomic mass is 35.5. The molecule has 4 rings (SSSR count). The van der Waals surface area contributed by atoms with Gasteiger partial charge in [-0.1, -0.05) is 23.8 Å². The first kappa shape index (κ1) is 13.9. The molecule has 0 spiro atoms. The van der Waals surface area contributed by atoms with Gasteiger partial charge in [0.05, 0.1) is 29.7 Å². The Morgan fingerprint density at radius 3 is 2.45 bits per heavy atom. The number of hydrogen-bond donors (Lipinski definition) is 1. The van der Waals surface area contributed by atoms with Crippen LogP contribution in [-0.2, 0) is 14.3 Å². The van der Waals surface area contributed by atoms with Crippen LogP contribution in [0.4, 0.5) is 5.69 Å². The molecule has 114 valence electrons. The second-order valence-electron chi connectivity index (χ2n) is 6.18. The van der Waals surface area contributed by atoms with Crippen molar-refractivity contribution in [1.82, 2.24) is 0 Å². The predicted molar refractivity (Wildman–Crippen MR) is 79.4 cm³/mol. The molecule has 0 aromatic heterocycles. The summed E-state index contributed by atoms with van der Waals surface area (Å²) in [4.78, 5) is 26.8. The minimum Gasteiger partial charge on any atom is -0.393 e. The van der Waals surface area contributed by atoms with Crippen LogP contribution in [0.15, 0.2) is 36.4 Å². The van der Waals surface area contributed by atoms with Gasteiger partial charge in [0, 0.05) is 5.02 Å². The second kappa shape index (κ2) is 4.19. The number of halogens is 1. The van der Waals surface area contributed by atoms with Crippen LogP contribution in [0, 0.1) is 11.8 Å². The van der Waals surface area contributed by atoms with Crippen molar-refractivity contribution in [1.29, 1.82) is 0 Å². The molecular weight excluding hydrogens is 306 g/mol. The van der Waals surface area contributed by atoms with E-state index >= 15 is 0 Å². The van der Waals surface area contributed by atoms with Crippen LogP contribution in [0.25, 0.3) is 0 Å². The third kappa shape index (κ3) is 1.51. The summed E-state index contributed by atoms with van der Waals surface area (Å²) >= 11 is 5.86. The summed E-state index contributed by atoms with van der Waals surface area (Å²) < 4.78 is 5.86. The van der Waals surface area contributed by atoms with E-state index in [0.717, 1.165) is 0 Å². The van der Waals surface area contributed by atoms with Crippen molar-refractivity contribution in [3.05, 3.63) is 41.4 Å². The molecule has 5 nitrogen and oxygen atoms in total. The first-order chi connectivity index (χ1) is 10.4. The number of anilines is 1. The summed E-state index contributed by atoms with van der Waals surface area (Å²) in [5.41, 5.74) is -1.45. The molecule has 3 aliphatic rings. The highest BCUT2D eigenvalue weighted by Crippen LogP contribution is 2.57. The van der Waals surface area contributed by atoms with Crippen molar-refractivity contribution in [3.63, 3.8) is 0 Å². The van der Waals surface area contributed by atoms with Crippen molar-refractivity contribution in [2.45, 2.75) is 18.1 Å². The Bertz CT molecular complexity index is 715. The fourth-order valence-corrected chi connectivity index (χ4v) is 4.01. The third-order valence-electron chi connectivity index (χ3n) is 4.89. The number of aliphatic hydroxyl groups is 1. The van der Waals surface area contributed by atoms with Crippen LogP contribution in [0.1, 0.15) is 6.92 Å². The van der Waals surface area contributed by atoms with Crippen molar-refractivity contribution < 1.29 is 19.4 Å². The maximum atomic E-state index is 12.8. The number of hydrogen-bond acceptors (Lipinski definition) is 4. The Morgan fingerprint density at radius 1 is 1.18 bits per heavy atom. The first-order valence-electron chi connectivity index (χ1n) is 7.07. The van der Waals surface area contributed by atoms with Gasteiger partial charge in [0.2, 0.25) is 11.8 Å². The Labute approximate surface area is 132 Å². The van der Waals surface area contributed by atoms with E-state index in [1.54, 1.807) is 43.3 Å². The number of aliphatic hydroxyl groups excluding tert-OH is 1. The number of imide groups is 1. The lowest BCUT2D eigenvalue weighted by Crippen LogP contribution is -2.43. The Kier molecular flexibility index (Phi) is 2.65. The summed E-state index contributed by atoms with van der Waals surface area (Å²) in [6.45, 7) is 1.45. The molecule has 22 heavy (non-hydrogen) atoms. The van der Waals surface area contributed by atoms with E-state index in [0.29, 0.717) is 10.7 Å². The van der Waals surface area contributed by atoms with E-state index in [2.05, 4.69) is 0 Å². The van der Waals surface area contributed by atoms with Crippen LogP contribution in [0.2, 0.25) is 5.02 Å². The van der Waals surface area contributed by atoms with Gasteiger partial charge in [-0.25, -0.2) is 4.90 Å². The molecule has 1 aromatic rings. The molecule has 6 heteroatoms. The molecule has 1 N–H and O–H groups in total. The standard InChI is InChI=1S/C16H14ClNO4/c1-15-6-7-16(8-19,22-15)12-11(15)13(20)18(14(12)21)10-4-2-9(17)3-5-10/h2-7,11-12,19H,8H2,1H3/t11-,12+,15-,16-/m0/s1. The van der Waals surface area contributed by atoms with Gasteiger partial charge in [-0.05, 0) is 31.2 Å². The summed E-state index contributed by atoms with van der Waals surface area (Å²) in [5, 5.41) is 10.3. The molecule has 0 radical (unpaired) electrons. The number of carbonyl (C=O) groups excluding carboxylic acids is 2. The summed E-state index contributed by atoms with van der Waals surface area (Å²) in [7, 11) is 0. The average molecular weight is 320 g/mol. The predicted octanol–water partition coefficient (Wildman–Crippen LogP) is 1.54. The maximum Gasteiger partial charge on any atom is 0.241 e. The van der Waals surface area contributed by atoms with Gasteiger partial charge in [0.25, 0.3) is 0 Å². The molecule has 4 atom stereocenters. The quantitative estimate of drug-likeness (QED) is 0.663. The average Bonchev–Trinajstić information content (AvgIpc) is 3.07. The van der Waals surface area contributed by atoms with Crippen molar-refractivity contribution in [2.75, 3.05) is 11.5 Å². The van der Waals surface area contributed by atoms with Crippen molar-refractivity contribution in [2.24, 2.45) is 11.8 Å². The summed E-state index contributed by atoms with van der Waals surface area (Å²) in [6.07, 6.45) is 3.49. The van der Waals surface area contributed by atoms with Crippen molar-refractivity contribution >= 4 is 29.1 Å². The van der Waals surface area contributed by atoms with Gasteiger partial charge in [-0.15, -0.1) is 0 Å². The summed E-state index contributed by atoms with van der Waals surface area (Å²) in [6, 6.07) is 6.56. The van der Waals surface area contributed by atoms with Crippen LogP contribution in [0.5, 0.6) is 0 Å². The van der Waals surface area contributed by atoms with E-state index < -0.39 is 23.0 Å². The zero-order valence-electron chi connectivity index (χ0n) is 11.8. The smallest absolute Gasteiger partial charge is 0.241 e. The molecule has 0 unspecified atom stereocenters. The molecular formula is C16H14ClNO4. The fourth-order valence-electron chi connectivity index (χ4n) is 3.89. The second-order valence-corrected chi connectivity index (χ2v) is 6.61. The number of fused-ring (bicyclic) bond motifs is 5. The zero-order chi connectivity index (χ0) is 15.7. The molecule has 0 saturated carbocycles. The van der Waals surface area contributed by atoms with Crippen LogP contribution in [-0.4, -0.2) is 34.7 Å². The normalized spacial score (nSPS) is 39.0. The van der Waals surface area contributed by atoms with E-state index in [1.165, 1.54) is 4.90 Å². The number of amides is 2. The largest absolute Gasteiger partial charge is 0.393 e. The number of carbonyl (C=O) groups is 2. The maximum absolute atomic E-state index is 12.8. The Hall–Kier alpha value is -1.69. The fraction of sp³-hybridized carbons (Fsp3) is 0.375. The monoisotopic (exact) mass is 319 g/mol. The van der Waals surface area contributed by atoms with E-state index in [1.807, 2.05) is 0 Å². The zero-order valence-corrected chi connectivity index (χ0v) is 12.6. The summed E-state index contributed by atoms with van der Waals surface area (Å²) in [5.74, 6) is -1.91. The minimum atomic E-state index is -1.09. The van der Waals surface area contributed by atoms with Crippen LogP contribution >= 0.6 is 11.6 Å². The highest BCUT2D eigenvalue weighted by molar-refractivity contribution is 6.31. The molecule has 2 saturated heterocycles. The van der Waals surface area contributed by atoms with Gasteiger partial charge in [-0.3, -0.25) is 9.59 Å². The van der Waals surface area contributed by atoms with Crippen molar-refractivity contribution in [3.8, 4) is 0 Å². The highest BCUT2D eigenvalue weighted by Gasteiger charge is 2.72. The van der Waals surface area contributed by atoms with Gasteiger partial charge in [-0.2, -0.15) is 0 Å². The van der Waals surface area contributed by atoms with E-state index in [9.17, 15) is 14.7 Å². The Balaban J connectivity index is 1.80. The molecule has 1 aromatic carbocycles. The molecule has 2 fully saturated rings. The first-order valence-corrected chi connectivity index (χ1v) is 7.44. The Morgan fingerprint density at radius 2 is 1.82 bits per heavy atom. The lowest BCUT2D eigenvalue weighted by molar-refractivity contribution is -0.131. The van der Waals surface area contributed by atoms with Gasteiger partial charge in [0.15, 0.2) is 0 Å². The molecule has 0 aliphatic carbocycles. The topological polar surface area (TPSA) is 66.8 Å². The van der Waals surface area contributed by atoms with Gasteiger partial charge >= 0.3 is 0 Å². The molecule has 3 heterocycles. The number of benzene rings is 1. The van der Waals surface area contributed by atoms with Gasteiger partial charge < -0.3 is 9.84 Å². The SMILES string of the molecule is C[C@@]12C=C[C@@](CO)(O1)[C@H]1C(=O)N(c3ccc(Cl)cc3)C(=O)[C@H]12.